The number of ether oxygens (including phenoxy) is 1. The van der Waals surface area contributed by atoms with Gasteiger partial charge >= 0.3 is 0 Å². The molecular weight excluding hydrogens is 242 g/mol. The lowest BCUT2D eigenvalue weighted by atomic mass is 10.4. The van der Waals surface area contributed by atoms with Crippen LogP contribution in [-0.2, 0) is 0 Å². The summed E-state index contributed by atoms with van der Waals surface area (Å²) in [5, 5.41) is 3.27. The van der Waals surface area contributed by atoms with Gasteiger partial charge in [0.15, 0.2) is 0 Å². The Morgan fingerprint density at radius 2 is 2.11 bits per heavy atom. The molecule has 2 rings (SSSR count). The molecule has 0 bridgehead atoms. The molecule has 1 aliphatic rings. The fraction of sp³-hybridized carbons (Fsp3) is 0.692. The summed E-state index contributed by atoms with van der Waals surface area (Å²) >= 11 is 0. The van der Waals surface area contributed by atoms with Crippen LogP contribution < -0.4 is 15.8 Å². The minimum Gasteiger partial charge on any atom is -0.475 e. The molecule has 1 aromatic rings. The van der Waals surface area contributed by atoms with Crippen molar-refractivity contribution in [2.75, 3.05) is 37.2 Å². The molecule has 0 aromatic carbocycles. The summed E-state index contributed by atoms with van der Waals surface area (Å²) in [6.07, 6.45) is 2.70. The van der Waals surface area contributed by atoms with Gasteiger partial charge in [-0.25, -0.2) is 0 Å². The predicted molar refractivity (Wildman–Crippen MR) is 76.4 cm³/mol. The van der Waals surface area contributed by atoms with Crippen molar-refractivity contribution in [2.45, 2.75) is 32.8 Å². The Labute approximate surface area is 114 Å². The smallest absolute Gasteiger partial charge is 0.225 e. The number of rotatable bonds is 6. The van der Waals surface area contributed by atoms with Gasteiger partial charge in [0.1, 0.15) is 5.82 Å². The van der Waals surface area contributed by atoms with Crippen LogP contribution in [0.2, 0.25) is 0 Å². The monoisotopic (exact) mass is 265 g/mol. The Morgan fingerprint density at radius 3 is 2.79 bits per heavy atom. The van der Waals surface area contributed by atoms with Crippen LogP contribution in [0.25, 0.3) is 0 Å². The minimum atomic E-state index is 0.0757. The molecule has 0 aliphatic carbocycles. The molecule has 0 spiro atoms. The molecule has 1 saturated heterocycles. The Morgan fingerprint density at radius 1 is 1.37 bits per heavy atom. The van der Waals surface area contributed by atoms with Crippen LogP contribution in [0.4, 0.5) is 11.8 Å². The van der Waals surface area contributed by atoms with Crippen molar-refractivity contribution in [3.05, 3.63) is 6.07 Å². The van der Waals surface area contributed by atoms with Crippen LogP contribution in [0.5, 0.6) is 5.88 Å². The molecule has 0 unspecified atom stereocenters. The summed E-state index contributed by atoms with van der Waals surface area (Å²) in [6.45, 7) is 8.21. The molecule has 1 aliphatic heterocycles. The quantitative estimate of drug-likeness (QED) is 0.808. The van der Waals surface area contributed by atoms with Crippen LogP contribution in [0, 0.1) is 0 Å². The first kappa shape index (κ1) is 13.9. The zero-order chi connectivity index (χ0) is 13.7. The molecule has 19 heavy (non-hydrogen) atoms. The highest BCUT2D eigenvalue weighted by atomic mass is 16.5. The fourth-order valence-corrected chi connectivity index (χ4v) is 2.18. The van der Waals surface area contributed by atoms with Gasteiger partial charge in [0.25, 0.3) is 0 Å². The first-order valence-electron chi connectivity index (χ1n) is 6.91. The van der Waals surface area contributed by atoms with E-state index in [0.29, 0.717) is 5.88 Å². The van der Waals surface area contributed by atoms with Crippen molar-refractivity contribution < 1.29 is 4.74 Å². The lowest BCUT2D eigenvalue weighted by Crippen LogP contribution is -2.26. The number of aromatic nitrogens is 2. The van der Waals surface area contributed by atoms with Gasteiger partial charge in [0, 0.05) is 19.2 Å². The third kappa shape index (κ3) is 4.55. The predicted octanol–water partition coefficient (Wildman–Crippen LogP) is 1.35. The van der Waals surface area contributed by atoms with Gasteiger partial charge < -0.3 is 20.7 Å². The lowest BCUT2D eigenvalue weighted by molar-refractivity contribution is 0.233. The van der Waals surface area contributed by atoms with E-state index in [4.69, 9.17) is 10.5 Å². The zero-order valence-electron chi connectivity index (χ0n) is 11.7. The summed E-state index contributed by atoms with van der Waals surface area (Å²) < 4.78 is 5.53. The molecule has 3 N–H and O–H groups in total. The summed E-state index contributed by atoms with van der Waals surface area (Å²) in [7, 11) is 0. The first-order chi connectivity index (χ1) is 9.13. The SMILES string of the molecule is CC(C)Oc1cc(NCCN2CCCC2)nc(N)n1. The highest BCUT2D eigenvalue weighted by molar-refractivity contribution is 5.42. The maximum atomic E-state index is 5.68. The number of nitrogens with zero attached hydrogens (tertiary/aromatic N) is 3. The molecule has 0 radical (unpaired) electrons. The van der Waals surface area contributed by atoms with Gasteiger partial charge in [-0.05, 0) is 39.8 Å². The molecule has 1 fully saturated rings. The van der Waals surface area contributed by atoms with Crippen molar-refractivity contribution in [3.8, 4) is 5.88 Å². The average molecular weight is 265 g/mol. The average Bonchev–Trinajstić information content (AvgIpc) is 2.80. The van der Waals surface area contributed by atoms with Crippen molar-refractivity contribution in [2.24, 2.45) is 0 Å². The van der Waals surface area contributed by atoms with E-state index in [1.807, 2.05) is 13.8 Å². The molecule has 0 saturated carbocycles. The Hall–Kier alpha value is -1.56. The topological polar surface area (TPSA) is 76.3 Å². The molecule has 6 heteroatoms. The van der Waals surface area contributed by atoms with E-state index in [1.54, 1.807) is 6.07 Å². The Bertz CT molecular complexity index is 404. The molecule has 106 valence electrons. The van der Waals surface area contributed by atoms with Crippen LogP contribution in [0.1, 0.15) is 26.7 Å². The third-order valence-corrected chi connectivity index (χ3v) is 3.01. The van der Waals surface area contributed by atoms with Crippen molar-refractivity contribution in [3.63, 3.8) is 0 Å². The van der Waals surface area contributed by atoms with E-state index >= 15 is 0 Å². The summed E-state index contributed by atoms with van der Waals surface area (Å²) in [4.78, 5) is 10.7. The number of hydrogen-bond acceptors (Lipinski definition) is 6. The van der Waals surface area contributed by atoms with Crippen LogP contribution in [0.3, 0.4) is 0 Å². The van der Waals surface area contributed by atoms with Gasteiger partial charge in [-0.15, -0.1) is 0 Å². The number of likely N-dealkylation sites (tertiary alicyclic amines) is 1. The molecular formula is C13H23N5O. The van der Waals surface area contributed by atoms with E-state index in [0.717, 1.165) is 18.9 Å². The van der Waals surface area contributed by atoms with E-state index in [-0.39, 0.29) is 12.1 Å². The summed E-state index contributed by atoms with van der Waals surface area (Å²) in [5.41, 5.74) is 5.68. The molecule has 1 aromatic heterocycles. The molecule has 0 atom stereocenters. The largest absolute Gasteiger partial charge is 0.475 e. The number of nitrogens with one attached hydrogen (secondary N) is 1. The van der Waals surface area contributed by atoms with E-state index in [2.05, 4.69) is 20.2 Å². The minimum absolute atomic E-state index is 0.0757. The van der Waals surface area contributed by atoms with Crippen LogP contribution in [0.15, 0.2) is 6.07 Å². The van der Waals surface area contributed by atoms with E-state index in [1.165, 1.54) is 25.9 Å². The lowest BCUT2D eigenvalue weighted by Gasteiger charge is -2.15. The third-order valence-electron chi connectivity index (χ3n) is 3.01. The Kier molecular flexibility index (Phi) is 4.79. The molecule has 2 heterocycles. The van der Waals surface area contributed by atoms with E-state index < -0.39 is 0 Å². The van der Waals surface area contributed by atoms with Crippen molar-refractivity contribution in [1.29, 1.82) is 0 Å². The summed E-state index contributed by atoms with van der Waals surface area (Å²) in [6, 6.07) is 1.79. The molecule has 6 nitrogen and oxygen atoms in total. The maximum absolute atomic E-state index is 5.68. The Balaban J connectivity index is 1.86. The number of anilines is 2. The fourth-order valence-electron chi connectivity index (χ4n) is 2.18. The van der Waals surface area contributed by atoms with Gasteiger partial charge in [0.05, 0.1) is 6.10 Å². The normalized spacial score (nSPS) is 15.9. The first-order valence-corrected chi connectivity index (χ1v) is 6.91. The van der Waals surface area contributed by atoms with Crippen LogP contribution >= 0.6 is 0 Å². The van der Waals surface area contributed by atoms with Gasteiger partial charge in [-0.1, -0.05) is 0 Å². The highest BCUT2D eigenvalue weighted by Crippen LogP contribution is 2.16. The standard InChI is InChI=1S/C13H23N5O/c1-10(2)19-12-9-11(16-13(14)17-12)15-5-8-18-6-3-4-7-18/h9-10H,3-8H2,1-2H3,(H3,14,15,16,17). The number of nitrogen functional groups attached to an aromatic ring is 1. The zero-order valence-corrected chi connectivity index (χ0v) is 11.7. The highest BCUT2D eigenvalue weighted by Gasteiger charge is 2.11. The van der Waals surface area contributed by atoms with E-state index in [9.17, 15) is 0 Å². The van der Waals surface area contributed by atoms with Gasteiger partial charge in [-0.3, -0.25) is 0 Å². The van der Waals surface area contributed by atoms with Crippen LogP contribution in [-0.4, -0.2) is 47.2 Å². The number of nitrogens with two attached hydrogens (primary N) is 1. The van der Waals surface area contributed by atoms with Crippen molar-refractivity contribution in [1.82, 2.24) is 14.9 Å². The van der Waals surface area contributed by atoms with Gasteiger partial charge in [0.2, 0.25) is 11.8 Å². The summed E-state index contributed by atoms with van der Waals surface area (Å²) in [5.74, 6) is 1.48. The second-order valence-corrected chi connectivity index (χ2v) is 5.09. The van der Waals surface area contributed by atoms with Gasteiger partial charge in [-0.2, -0.15) is 9.97 Å². The second kappa shape index (κ2) is 6.56. The number of hydrogen-bond donors (Lipinski definition) is 2. The maximum Gasteiger partial charge on any atom is 0.225 e. The second-order valence-electron chi connectivity index (χ2n) is 5.09. The molecule has 0 amide bonds. The van der Waals surface area contributed by atoms with Crippen molar-refractivity contribution >= 4 is 11.8 Å².